The Balaban J connectivity index is 1.87. The first-order valence-corrected chi connectivity index (χ1v) is 6.28. The number of likely N-dealkylation sites (tertiary alicyclic amines) is 1. The predicted molar refractivity (Wildman–Crippen MR) is 64.1 cm³/mol. The van der Waals surface area contributed by atoms with Crippen LogP contribution in [0.25, 0.3) is 0 Å². The van der Waals surface area contributed by atoms with E-state index in [9.17, 15) is 0 Å². The Hall–Kier alpha value is -0.730. The smallest absolute Gasteiger partial charge is 0.193 e. The zero-order chi connectivity index (χ0) is 10.7. The summed E-state index contributed by atoms with van der Waals surface area (Å²) in [5, 5.41) is 3.57. The molecule has 86 valence electrons. The summed E-state index contributed by atoms with van der Waals surface area (Å²) in [5.41, 5.74) is 0. The number of guanidine groups is 1. The molecular formula is C12H23N3. The van der Waals surface area contributed by atoms with E-state index in [-0.39, 0.29) is 0 Å². The van der Waals surface area contributed by atoms with Crippen molar-refractivity contribution in [1.82, 2.24) is 10.2 Å². The fourth-order valence-corrected chi connectivity index (χ4v) is 2.41. The second-order valence-electron chi connectivity index (χ2n) is 5.01. The van der Waals surface area contributed by atoms with Crippen LogP contribution in [-0.2, 0) is 0 Å². The summed E-state index contributed by atoms with van der Waals surface area (Å²) in [6.07, 6.45) is 6.71. The molecular weight excluding hydrogens is 186 g/mol. The van der Waals surface area contributed by atoms with Crippen molar-refractivity contribution >= 4 is 5.96 Å². The summed E-state index contributed by atoms with van der Waals surface area (Å²) in [4.78, 5) is 6.82. The highest BCUT2D eigenvalue weighted by Crippen LogP contribution is 2.20. The first-order valence-electron chi connectivity index (χ1n) is 6.28. The Morgan fingerprint density at radius 3 is 2.60 bits per heavy atom. The molecule has 15 heavy (non-hydrogen) atoms. The molecule has 0 spiro atoms. The van der Waals surface area contributed by atoms with Crippen molar-refractivity contribution in [2.45, 2.75) is 45.1 Å². The summed E-state index contributed by atoms with van der Waals surface area (Å²) < 4.78 is 0. The van der Waals surface area contributed by atoms with Crippen molar-refractivity contribution in [3.8, 4) is 0 Å². The van der Waals surface area contributed by atoms with Crippen LogP contribution >= 0.6 is 0 Å². The average molecular weight is 209 g/mol. The Kier molecular flexibility index (Phi) is 3.49. The molecule has 0 bridgehead atoms. The molecule has 1 aliphatic carbocycles. The lowest BCUT2D eigenvalue weighted by molar-refractivity contribution is 0.257. The molecule has 3 heteroatoms. The third-order valence-electron chi connectivity index (χ3n) is 3.61. The fraction of sp³-hybridized carbons (Fsp3) is 0.917. The number of aliphatic imine (C=N–C) groups is 1. The van der Waals surface area contributed by atoms with Gasteiger partial charge in [-0.05, 0) is 38.0 Å². The molecule has 0 aromatic carbocycles. The van der Waals surface area contributed by atoms with Crippen LogP contribution in [0.15, 0.2) is 4.99 Å². The van der Waals surface area contributed by atoms with Crippen LogP contribution in [0.1, 0.15) is 39.0 Å². The second kappa shape index (κ2) is 4.86. The molecule has 0 radical (unpaired) electrons. The van der Waals surface area contributed by atoms with Crippen LogP contribution in [0.5, 0.6) is 0 Å². The molecule has 1 aliphatic heterocycles. The Labute approximate surface area is 92.9 Å². The van der Waals surface area contributed by atoms with E-state index in [4.69, 9.17) is 0 Å². The minimum Gasteiger partial charge on any atom is -0.354 e. The molecule has 0 unspecified atom stereocenters. The number of piperidine rings is 1. The zero-order valence-corrected chi connectivity index (χ0v) is 10.00. The van der Waals surface area contributed by atoms with Crippen molar-refractivity contribution in [3.05, 3.63) is 0 Å². The number of rotatable bonds is 1. The van der Waals surface area contributed by atoms with Gasteiger partial charge in [0, 0.05) is 26.2 Å². The van der Waals surface area contributed by atoms with Gasteiger partial charge in [-0.3, -0.25) is 4.99 Å². The van der Waals surface area contributed by atoms with Gasteiger partial charge in [0.15, 0.2) is 5.96 Å². The zero-order valence-electron chi connectivity index (χ0n) is 10.00. The van der Waals surface area contributed by atoms with Crippen LogP contribution in [0.3, 0.4) is 0 Å². The van der Waals surface area contributed by atoms with E-state index in [1.54, 1.807) is 0 Å². The normalized spacial score (nSPS) is 28.8. The number of nitrogens with one attached hydrogen (secondary N) is 1. The average Bonchev–Trinajstić information content (AvgIpc) is 2.16. The van der Waals surface area contributed by atoms with Crippen molar-refractivity contribution in [1.29, 1.82) is 0 Å². The predicted octanol–water partition coefficient (Wildman–Crippen LogP) is 1.85. The van der Waals surface area contributed by atoms with Gasteiger partial charge in [0.1, 0.15) is 0 Å². The summed E-state index contributed by atoms with van der Waals surface area (Å²) in [6.45, 7) is 4.69. The molecule has 0 aromatic heterocycles. The molecule has 1 saturated heterocycles. The van der Waals surface area contributed by atoms with Crippen molar-refractivity contribution in [2.24, 2.45) is 10.9 Å². The maximum Gasteiger partial charge on any atom is 0.193 e. The van der Waals surface area contributed by atoms with Crippen LogP contribution in [0.2, 0.25) is 0 Å². The summed E-state index contributed by atoms with van der Waals surface area (Å²) in [6, 6.07) is 0.695. The summed E-state index contributed by atoms with van der Waals surface area (Å²) in [5.74, 6) is 1.95. The van der Waals surface area contributed by atoms with Crippen LogP contribution in [0.4, 0.5) is 0 Å². The van der Waals surface area contributed by atoms with E-state index in [1.807, 2.05) is 7.05 Å². The van der Waals surface area contributed by atoms with E-state index in [1.165, 1.54) is 45.2 Å². The maximum atomic E-state index is 4.40. The van der Waals surface area contributed by atoms with E-state index >= 15 is 0 Å². The molecule has 1 atom stereocenters. The van der Waals surface area contributed by atoms with Gasteiger partial charge < -0.3 is 10.2 Å². The minimum atomic E-state index is 0.695. The number of nitrogens with zero attached hydrogens (tertiary/aromatic N) is 2. The molecule has 0 amide bonds. The third-order valence-corrected chi connectivity index (χ3v) is 3.61. The molecule has 1 saturated carbocycles. The fourth-order valence-electron chi connectivity index (χ4n) is 2.41. The van der Waals surface area contributed by atoms with E-state index in [0.717, 1.165) is 11.9 Å². The monoisotopic (exact) mass is 209 g/mol. The van der Waals surface area contributed by atoms with Gasteiger partial charge in [0.05, 0.1) is 0 Å². The van der Waals surface area contributed by atoms with Gasteiger partial charge in [0.2, 0.25) is 0 Å². The lowest BCUT2D eigenvalue weighted by atomic mass is 9.93. The van der Waals surface area contributed by atoms with Gasteiger partial charge >= 0.3 is 0 Å². The van der Waals surface area contributed by atoms with E-state index in [0.29, 0.717) is 6.04 Å². The largest absolute Gasteiger partial charge is 0.354 e. The van der Waals surface area contributed by atoms with Gasteiger partial charge in [-0.1, -0.05) is 6.92 Å². The Morgan fingerprint density at radius 2 is 2.07 bits per heavy atom. The Morgan fingerprint density at radius 1 is 1.27 bits per heavy atom. The second-order valence-corrected chi connectivity index (χ2v) is 5.01. The molecule has 0 aromatic rings. The first kappa shape index (κ1) is 10.8. The highest BCUT2D eigenvalue weighted by atomic mass is 15.3. The standard InChI is InChI=1S/C12H23N3/c1-10-5-4-8-15(9-10)12(13-2)14-11-6-3-7-11/h10-11H,3-9H2,1-2H3,(H,13,14)/t10-/m0/s1. The number of hydrogen-bond donors (Lipinski definition) is 1. The Bertz CT molecular complexity index is 233. The quantitative estimate of drug-likeness (QED) is 0.527. The SMILES string of the molecule is CN=C(NC1CCC1)N1CCC[C@H](C)C1. The molecule has 2 fully saturated rings. The van der Waals surface area contributed by atoms with Gasteiger partial charge in [-0.2, -0.15) is 0 Å². The highest BCUT2D eigenvalue weighted by Gasteiger charge is 2.23. The topological polar surface area (TPSA) is 27.6 Å². The number of hydrogen-bond acceptors (Lipinski definition) is 1. The van der Waals surface area contributed by atoms with Crippen LogP contribution in [-0.4, -0.2) is 37.0 Å². The summed E-state index contributed by atoms with van der Waals surface area (Å²) >= 11 is 0. The van der Waals surface area contributed by atoms with E-state index in [2.05, 4.69) is 22.1 Å². The molecule has 2 aliphatic rings. The minimum absolute atomic E-state index is 0.695. The van der Waals surface area contributed by atoms with Crippen molar-refractivity contribution in [3.63, 3.8) is 0 Å². The molecule has 3 nitrogen and oxygen atoms in total. The van der Waals surface area contributed by atoms with Crippen LogP contribution in [0, 0.1) is 5.92 Å². The van der Waals surface area contributed by atoms with Gasteiger partial charge in [-0.25, -0.2) is 0 Å². The van der Waals surface area contributed by atoms with Gasteiger partial charge in [0.25, 0.3) is 0 Å². The first-order chi connectivity index (χ1) is 7.29. The highest BCUT2D eigenvalue weighted by molar-refractivity contribution is 5.80. The molecule has 1 heterocycles. The third kappa shape index (κ3) is 2.64. The lowest BCUT2D eigenvalue weighted by Crippen LogP contribution is -2.51. The lowest BCUT2D eigenvalue weighted by Gasteiger charge is -2.37. The maximum absolute atomic E-state index is 4.40. The van der Waals surface area contributed by atoms with Crippen molar-refractivity contribution in [2.75, 3.05) is 20.1 Å². The van der Waals surface area contributed by atoms with Crippen LogP contribution < -0.4 is 5.32 Å². The van der Waals surface area contributed by atoms with E-state index < -0.39 is 0 Å². The summed E-state index contributed by atoms with van der Waals surface area (Å²) in [7, 11) is 1.90. The van der Waals surface area contributed by atoms with Crippen molar-refractivity contribution < 1.29 is 0 Å². The van der Waals surface area contributed by atoms with Gasteiger partial charge in [-0.15, -0.1) is 0 Å². The molecule has 1 N–H and O–H groups in total. The molecule has 2 rings (SSSR count).